The number of rotatable bonds is 2. The van der Waals surface area contributed by atoms with Gasteiger partial charge in [-0.25, -0.2) is 0 Å². The number of nitrogens with zero attached hydrogens (tertiary/aromatic N) is 1. The Bertz CT molecular complexity index is 711. The lowest BCUT2D eigenvalue weighted by Crippen LogP contribution is -2.00. The van der Waals surface area contributed by atoms with Gasteiger partial charge in [-0.05, 0) is 42.5 Å². The second-order valence-corrected chi connectivity index (χ2v) is 4.10. The first-order chi connectivity index (χ1) is 8.75. The number of benzene rings is 1. The second kappa shape index (κ2) is 4.04. The maximum atomic E-state index is 12.3. The number of ketones is 1. The number of fused-ring (bicyclic) bond motifs is 1. The highest BCUT2D eigenvalue weighted by molar-refractivity contribution is 6.13. The Morgan fingerprint density at radius 2 is 1.72 bits per heavy atom. The molecule has 0 aliphatic heterocycles. The number of aromatic hydroxyl groups is 1. The van der Waals surface area contributed by atoms with E-state index in [0.717, 1.165) is 5.52 Å². The minimum absolute atomic E-state index is 0.0382. The van der Waals surface area contributed by atoms with E-state index in [1.165, 1.54) is 12.1 Å². The first-order valence-electron chi connectivity index (χ1n) is 5.65. The van der Waals surface area contributed by atoms with Crippen LogP contribution >= 0.6 is 0 Å². The van der Waals surface area contributed by atoms with E-state index in [4.69, 9.17) is 0 Å². The quantitative estimate of drug-likeness (QED) is 0.696. The predicted molar refractivity (Wildman–Crippen MR) is 68.9 cm³/mol. The zero-order valence-corrected chi connectivity index (χ0v) is 9.58. The van der Waals surface area contributed by atoms with Crippen molar-refractivity contribution in [2.75, 3.05) is 0 Å². The third-order valence-corrected chi connectivity index (χ3v) is 2.94. The Morgan fingerprint density at radius 1 is 0.944 bits per heavy atom. The standard InChI is InChI=1S/C15H11NO2/c17-12-6-4-11(5-7-12)15(18)13-8-10-16-9-2-1-3-14(13)16/h1-10,17H. The van der Waals surface area contributed by atoms with Gasteiger partial charge < -0.3 is 9.51 Å². The molecule has 0 atom stereocenters. The molecule has 0 aliphatic rings. The van der Waals surface area contributed by atoms with Crippen molar-refractivity contribution in [3.63, 3.8) is 0 Å². The molecule has 3 heteroatoms. The van der Waals surface area contributed by atoms with Gasteiger partial charge in [-0.15, -0.1) is 0 Å². The number of carbonyl (C=O) groups is 1. The normalized spacial score (nSPS) is 10.7. The molecule has 0 amide bonds. The Labute approximate surface area is 104 Å². The minimum Gasteiger partial charge on any atom is -0.508 e. The zero-order chi connectivity index (χ0) is 12.5. The zero-order valence-electron chi connectivity index (χ0n) is 9.58. The minimum atomic E-state index is -0.0382. The third-order valence-electron chi connectivity index (χ3n) is 2.94. The SMILES string of the molecule is O=C(c1ccc(O)cc1)c1ccn2ccccc12. The average molecular weight is 237 g/mol. The molecule has 1 N–H and O–H groups in total. The van der Waals surface area contributed by atoms with E-state index in [9.17, 15) is 9.90 Å². The molecule has 0 saturated carbocycles. The monoisotopic (exact) mass is 237 g/mol. The number of phenols is 1. The van der Waals surface area contributed by atoms with Gasteiger partial charge in [0.25, 0.3) is 0 Å². The molecule has 1 aromatic carbocycles. The number of pyridine rings is 1. The van der Waals surface area contributed by atoms with Crippen molar-refractivity contribution in [2.24, 2.45) is 0 Å². The third kappa shape index (κ3) is 1.66. The van der Waals surface area contributed by atoms with Gasteiger partial charge >= 0.3 is 0 Å². The number of hydrogen-bond acceptors (Lipinski definition) is 2. The molecule has 2 heterocycles. The topological polar surface area (TPSA) is 41.7 Å². The van der Waals surface area contributed by atoms with Crippen molar-refractivity contribution in [3.8, 4) is 5.75 Å². The molecule has 0 spiro atoms. The van der Waals surface area contributed by atoms with Crippen molar-refractivity contribution < 1.29 is 9.90 Å². The molecule has 3 nitrogen and oxygen atoms in total. The van der Waals surface area contributed by atoms with E-state index >= 15 is 0 Å². The van der Waals surface area contributed by atoms with Gasteiger partial charge in [-0.2, -0.15) is 0 Å². The Balaban J connectivity index is 2.09. The smallest absolute Gasteiger partial charge is 0.195 e. The molecular weight excluding hydrogens is 226 g/mol. The van der Waals surface area contributed by atoms with Gasteiger partial charge in [0.05, 0.1) is 5.52 Å². The van der Waals surface area contributed by atoms with Gasteiger partial charge in [0.15, 0.2) is 5.78 Å². The number of carbonyl (C=O) groups excluding carboxylic acids is 1. The van der Waals surface area contributed by atoms with E-state index in [2.05, 4.69) is 0 Å². The van der Waals surface area contributed by atoms with Gasteiger partial charge in [0, 0.05) is 23.5 Å². The highest BCUT2D eigenvalue weighted by atomic mass is 16.3. The highest BCUT2D eigenvalue weighted by Crippen LogP contribution is 2.18. The summed E-state index contributed by atoms with van der Waals surface area (Å²) in [6.45, 7) is 0. The van der Waals surface area contributed by atoms with Crippen LogP contribution in [-0.4, -0.2) is 15.3 Å². The van der Waals surface area contributed by atoms with Crippen LogP contribution in [-0.2, 0) is 0 Å². The van der Waals surface area contributed by atoms with Gasteiger partial charge in [0.1, 0.15) is 5.75 Å². The summed E-state index contributed by atoms with van der Waals surface area (Å²) in [6, 6.07) is 13.8. The summed E-state index contributed by atoms with van der Waals surface area (Å²) in [6.07, 6.45) is 3.77. The summed E-state index contributed by atoms with van der Waals surface area (Å²) >= 11 is 0. The van der Waals surface area contributed by atoms with Crippen molar-refractivity contribution in [3.05, 3.63) is 72.1 Å². The van der Waals surface area contributed by atoms with Crippen LogP contribution in [0.5, 0.6) is 5.75 Å². The molecule has 2 aromatic heterocycles. The molecule has 3 rings (SSSR count). The molecule has 0 aliphatic carbocycles. The maximum Gasteiger partial charge on any atom is 0.195 e. The molecule has 0 bridgehead atoms. The Morgan fingerprint density at radius 3 is 2.50 bits per heavy atom. The highest BCUT2D eigenvalue weighted by Gasteiger charge is 2.13. The van der Waals surface area contributed by atoms with Crippen molar-refractivity contribution in [1.82, 2.24) is 4.40 Å². The van der Waals surface area contributed by atoms with Crippen molar-refractivity contribution in [2.45, 2.75) is 0 Å². The van der Waals surface area contributed by atoms with Gasteiger partial charge in [0.2, 0.25) is 0 Å². The van der Waals surface area contributed by atoms with Crippen LogP contribution in [0.3, 0.4) is 0 Å². The first kappa shape index (κ1) is 10.6. The molecule has 88 valence electrons. The second-order valence-electron chi connectivity index (χ2n) is 4.10. The number of aromatic nitrogens is 1. The lowest BCUT2D eigenvalue weighted by atomic mass is 10.0. The fraction of sp³-hybridized carbons (Fsp3) is 0. The summed E-state index contributed by atoms with van der Waals surface area (Å²) < 4.78 is 1.91. The predicted octanol–water partition coefficient (Wildman–Crippen LogP) is 2.88. The summed E-state index contributed by atoms with van der Waals surface area (Å²) in [5, 5.41) is 9.23. The van der Waals surface area contributed by atoms with Crippen molar-refractivity contribution >= 4 is 11.3 Å². The molecular formula is C15H11NO2. The molecule has 0 fully saturated rings. The lowest BCUT2D eigenvalue weighted by Gasteiger charge is -2.01. The largest absolute Gasteiger partial charge is 0.508 e. The van der Waals surface area contributed by atoms with E-state index in [1.807, 2.05) is 41.1 Å². The van der Waals surface area contributed by atoms with Crippen LogP contribution in [0, 0.1) is 0 Å². The molecule has 0 unspecified atom stereocenters. The van der Waals surface area contributed by atoms with Crippen molar-refractivity contribution in [1.29, 1.82) is 0 Å². The summed E-state index contributed by atoms with van der Waals surface area (Å²) in [4.78, 5) is 12.3. The van der Waals surface area contributed by atoms with Gasteiger partial charge in [-0.3, -0.25) is 4.79 Å². The fourth-order valence-electron chi connectivity index (χ4n) is 2.01. The van der Waals surface area contributed by atoms with Crippen LogP contribution < -0.4 is 0 Å². The van der Waals surface area contributed by atoms with E-state index < -0.39 is 0 Å². The molecule has 3 aromatic rings. The van der Waals surface area contributed by atoms with Crippen LogP contribution in [0.2, 0.25) is 0 Å². The Kier molecular flexibility index (Phi) is 2.38. The summed E-state index contributed by atoms with van der Waals surface area (Å²) in [7, 11) is 0. The maximum absolute atomic E-state index is 12.3. The van der Waals surface area contributed by atoms with Crippen LogP contribution in [0.4, 0.5) is 0 Å². The Hall–Kier alpha value is -2.55. The van der Waals surface area contributed by atoms with Crippen LogP contribution in [0.15, 0.2) is 60.9 Å². The summed E-state index contributed by atoms with van der Waals surface area (Å²) in [5.41, 5.74) is 2.13. The van der Waals surface area contributed by atoms with Crippen LogP contribution in [0.1, 0.15) is 15.9 Å². The fourth-order valence-corrected chi connectivity index (χ4v) is 2.01. The van der Waals surface area contributed by atoms with Crippen LogP contribution in [0.25, 0.3) is 5.52 Å². The first-order valence-corrected chi connectivity index (χ1v) is 5.65. The summed E-state index contributed by atoms with van der Waals surface area (Å²) in [5.74, 6) is 0.122. The lowest BCUT2D eigenvalue weighted by molar-refractivity contribution is 0.104. The number of phenolic OH excluding ortho intramolecular Hbond substituents is 1. The van der Waals surface area contributed by atoms with Gasteiger partial charge in [-0.1, -0.05) is 6.07 Å². The number of hydrogen-bond donors (Lipinski definition) is 1. The molecule has 18 heavy (non-hydrogen) atoms. The molecule has 0 radical (unpaired) electrons. The van der Waals surface area contributed by atoms with E-state index in [1.54, 1.807) is 12.1 Å². The molecule has 0 saturated heterocycles. The van der Waals surface area contributed by atoms with E-state index in [-0.39, 0.29) is 11.5 Å². The average Bonchev–Trinajstić information content (AvgIpc) is 2.82. The van der Waals surface area contributed by atoms with E-state index in [0.29, 0.717) is 11.1 Å².